The summed E-state index contributed by atoms with van der Waals surface area (Å²) < 4.78 is 4.88. The number of carbonyl (C=O) groups is 1. The Morgan fingerprint density at radius 3 is 2.06 bits per heavy atom. The highest BCUT2D eigenvalue weighted by Crippen LogP contribution is 2.58. The predicted molar refractivity (Wildman–Crippen MR) is 65.3 cm³/mol. The van der Waals surface area contributed by atoms with Crippen LogP contribution in [0.1, 0.15) is 32.1 Å². The highest BCUT2D eigenvalue weighted by molar-refractivity contribution is 9.10. The summed E-state index contributed by atoms with van der Waals surface area (Å²) in [6.07, 6.45) is 6.89. The Balaban J connectivity index is 1.78. The van der Waals surface area contributed by atoms with Crippen LogP contribution in [-0.2, 0) is 9.53 Å². The van der Waals surface area contributed by atoms with Crippen LogP contribution in [0.25, 0.3) is 0 Å². The van der Waals surface area contributed by atoms with Gasteiger partial charge in [-0.3, -0.25) is 4.79 Å². The minimum atomic E-state index is -0.0718. The van der Waals surface area contributed by atoms with Gasteiger partial charge >= 0.3 is 5.97 Å². The van der Waals surface area contributed by atoms with Gasteiger partial charge < -0.3 is 4.74 Å². The molecular formula is C13H19BrO2. The van der Waals surface area contributed by atoms with Gasteiger partial charge in [-0.1, -0.05) is 15.9 Å². The number of ether oxygens (including phenoxy) is 1. The third kappa shape index (κ3) is 1.62. The summed E-state index contributed by atoms with van der Waals surface area (Å²) in [6, 6.07) is 0. The standard InChI is InChI=1S/C13H19BrO2/c1-16-13(15)12(14)11-9-3-7-2-8(5-9)6-10(11)4-7/h7-12H,2-6H2,1H3. The number of hydrogen-bond acceptors (Lipinski definition) is 2. The number of hydrogen-bond donors (Lipinski definition) is 0. The van der Waals surface area contributed by atoms with E-state index < -0.39 is 0 Å². The molecule has 0 aromatic carbocycles. The van der Waals surface area contributed by atoms with Crippen molar-refractivity contribution in [2.75, 3.05) is 7.11 Å². The second-order valence-corrected chi connectivity index (χ2v) is 6.92. The Bertz CT molecular complexity index is 274. The molecule has 4 aliphatic carbocycles. The molecule has 0 spiro atoms. The molecule has 0 aromatic rings. The van der Waals surface area contributed by atoms with Gasteiger partial charge in [0.1, 0.15) is 4.83 Å². The van der Waals surface area contributed by atoms with Crippen LogP contribution in [0.15, 0.2) is 0 Å². The molecular weight excluding hydrogens is 268 g/mol. The Morgan fingerprint density at radius 1 is 1.12 bits per heavy atom. The van der Waals surface area contributed by atoms with E-state index >= 15 is 0 Å². The Kier molecular flexibility index (Phi) is 2.77. The topological polar surface area (TPSA) is 26.3 Å². The monoisotopic (exact) mass is 286 g/mol. The predicted octanol–water partition coefficient (Wildman–Crippen LogP) is 3.00. The molecule has 4 aliphatic rings. The maximum atomic E-state index is 11.7. The van der Waals surface area contributed by atoms with Gasteiger partial charge in [0, 0.05) is 0 Å². The van der Waals surface area contributed by atoms with Crippen LogP contribution in [0.5, 0.6) is 0 Å². The number of alkyl halides is 1. The van der Waals surface area contributed by atoms with E-state index in [0.717, 1.165) is 23.7 Å². The Morgan fingerprint density at radius 2 is 1.62 bits per heavy atom. The van der Waals surface area contributed by atoms with Gasteiger partial charge in [0.15, 0.2) is 0 Å². The van der Waals surface area contributed by atoms with E-state index in [4.69, 9.17) is 4.74 Å². The summed E-state index contributed by atoms with van der Waals surface area (Å²) in [5.74, 6) is 3.96. The van der Waals surface area contributed by atoms with Crippen molar-refractivity contribution in [2.24, 2.45) is 29.6 Å². The molecule has 4 fully saturated rings. The van der Waals surface area contributed by atoms with Gasteiger partial charge in [0.2, 0.25) is 0 Å². The van der Waals surface area contributed by atoms with Gasteiger partial charge in [-0.25, -0.2) is 0 Å². The first-order chi connectivity index (χ1) is 7.69. The van der Waals surface area contributed by atoms with Gasteiger partial charge in [0.25, 0.3) is 0 Å². The van der Waals surface area contributed by atoms with Crippen LogP contribution in [0.4, 0.5) is 0 Å². The molecule has 0 N–H and O–H groups in total. The van der Waals surface area contributed by atoms with Gasteiger partial charge in [-0.2, -0.15) is 0 Å². The number of methoxy groups -OCH3 is 1. The normalized spacial score (nSPS) is 46.8. The van der Waals surface area contributed by atoms with E-state index in [-0.39, 0.29) is 10.8 Å². The van der Waals surface area contributed by atoms with Crippen molar-refractivity contribution in [3.8, 4) is 0 Å². The van der Waals surface area contributed by atoms with Crippen LogP contribution < -0.4 is 0 Å². The largest absolute Gasteiger partial charge is 0.468 e. The van der Waals surface area contributed by atoms with Gasteiger partial charge in [-0.15, -0.1) is 0 Å². The van der Waals surface area contributed by atoms with E-state index in [1.54, 1.807) is 0 Å². The van der Waals surface area contributed by atoms with Crippen LogP contribution in [0, 0.1) is 29.6 Å². The first-order valence-electron chi connectivity index (χ1n) is 6.41. The maximum absolute atomic E-state index is 11.7. The number of carbonyl (C=O) groups excluding carboxylic acids is 1. The average molecular weight is 287 g/mol. The highest BCUT2D eigenvalue weighted by atomic mass is 79.9. The van der Waals surface area contributed by atoms with E-state index in [1.165, 1.54) is 39.2 Å². The third-order valence-electron chi connectivity index (χ3n) is 5.06. The average Bonchev–Trinajstić information content (AvgIpc) is 2.26. The summed E-state index contributed by atoms with van der Waals surface area (Å²) in [7, 11) is 1.49. The lowest BCUT2D eigenvalue weighted by Gasteiger charge is -2.55. The number of halogens is 1. The van der Waals surface area contributed by atoms with Crippen LogP contribution in [-0.4, -0.2) is 17.9 Å². The molecule has 0 heterocycles. The molecule has 0 amide bonds. The van der Waals surface area contributed by atoms with Crippen molar-refractivity contribution >= 4 is 21.9 Å². The molecule has 16 heavy (non-hydrogen) atoms. The van der Waals surface area contributed by atoms with E-state index in [9.17, 15) is 4.79 Å². The minimum absolute atomic E-state index is 0.0625. The molecule has 1 unspecified atom stereocenters. The fourth-order valence-electron chi connectivity index (χ4n) is 4.71. The van der Waals surface area contributed by atoms with E-state index in [0.29, 0.717) is 5.92 Å². The molecule has 0 aromatic heterocycles. The second kappa shape index (κ2) is 4.01. The highest BCUT2D eigenvalue weighted by Gasteiger charge is 2.51. The molecule has 4 bridgehead atoms. The summed E-state index contributed by atoms with van der Waals surface area (Å²) in [4.78, 5) is 11.6. The Hall–Kier alpha value is -0.0500. The molecule has 2 nitrogen and oxygen atoms in total. The third-order valence-corrected chi connectivity index (χ3v) is 6.05. The van der Waals surface area contributed by atoms with Crippen LogP contribution in [0.3, 0.4) is 0 Å². The first kappa shape index (κ1) is 11.1. The van der Waals surface area contributed by atoms with Crippen molar-refractivity contribution in [1.29, 1.82) is 0 Å². The van der Waals surface area contributed by atoms with Crippen molar-refractivity contribution in [2.45, 2.75) is 36.9 Å². The van der Waals surface area contributed by atoms with E-state index in [2.05, 4.69) is 15.9 Å². The summed E-state index contributed by atoms with van der Waals surface area (Å²) >= 11 is 3.58. The molecule has 1 atom stereocenters. The zero-order valence-electron chi connectivity index (χ0n) is 9.69. The molecule has 4 saturated carbocycles. The summed E-state index contributed by atoms with van der Waals surface area (Å²) in [5, 5.41) is 0. The van der Waals surface area contributed by atoms with E-state index in [1.807, 2.05) is 0 Å². The quantitative estimate of drug-likeness (QED) is 0.576. The number of esters is 1. The molecule has 3 heteroatoms. The lowest BCUT2D eigenvalue weighted by atomic mass is 9.51. The molecule has 90 valence electrons. The zero-order valence-corrected chi connectivity index (χ0v) is 11.3. The van der Waals surface area contributed by atoms with Crippen molar-refractivity contribution in [1.82, 2.24) is 0 Å². The van der Waals surface area contributed by atoms with Crippen LogP contribution in [0.2, 0.25) is 0 Å². The minimum Gasteiger partial charge on any atom is -0.468 e. The summed E-state index contributed by atoms with van der Waals surface area (Å²) in [6.45, 7) is 0. The van der Waals surface area contributed by atoms with Crippen molar-refractivity contribution < 1.29 is 9.53 Å². The first-order valence-corrected chi connectivity index (χ1v) is 7.32. The number of rotatable bonds is 2. The molecule has 0 saturated heterocycles. The fourth-order valence-corrected chi connectivity index (χ4v) is 5.77. The van der Waals surface area contributed by atoms with Gasteiger partial charge in [0.05, 0.1) is 7.11 Å². The SMILES string of the molecule is COC(=O)C(Br)C1C2CC3CC(C2)CC1C3. The molecule has 0 radical (unpaired) electrons. The molecule has 4 rings (SSSR count). The lowest BCUT2D eigenvalue weighted by molar-refractivity contribution is -0.144. The smallest absolute Gasteiger partial charge is 0.319 e. The fraction of sp³-hybridized carbons (Fsp3) is 0.923. The lowest BCUT2D eigenvalue weighted by Crippen LogP contribution is -2.49. The van der Waals surface area contributed by atoms with Crippen molar-refractivity contribution in [3.05, 3.63) is 0 Å². The van der Waals surface area contributed by atoms with Gasteiger partial charge in [-0.05, 0) is 61.7 Å². The van der Waals surface area contributed by atoms with Crippen LogP contribution >= 0.6 is 15.9 Å². The maximum Gasteiger partial charge on any atom is 0.319 e. The molecule has 0 aliphatic heterocycles. The second-order valence-electron chi connectivity index (χ2n) is 5.93. The summed E-state index contributed by atoms with van der Waals surface area (Å²) in [5.41, 5.74) is 0. The van der Waals surface area contributed by atoms with Crippen molar-refractivity contribution in [3.63, 3.8) is 0 Å². The zero-order chi connectivity index (χ0) is 11.3. The Labute approximate surface area is 105 Å².